The highest BCUT2D eigenvalue weighted by molar-refractivity contribution is 6.41. The summed E-state index contributed by atoms with van der Waals surface area (Å²) in [6, 6.07) is 4.18. The van der Waals surface area contributed by atoms with E-state index in [0.29, 0.717) is 0 Å². The molecule has 1 heterocycles. The fourth-order valence-corrected chi connectivity index (χ4v) is 1.80. The van der Waals surface area contributed by atoms with Gasteiger partial charge < -0.3 is 0 Å². The molecule has 2 rings (SSSR count). The lowest BCUT2D eigenvalue weighted by molar-refractivity contribution is 0.572. The molecule has 0 amide bonds. The monoisotopic (exact) mass is 306 g/mol. The van der Waals surface area contributed by atoms with Crippen LogP contribution >= 0.6 is 34.8 Å². The molecule has 0 aliphatic carbocycles. The lowest BCUT2D eigenvalue weighted by Gasteiger charge is -2.06. The summed E-state index contributed by atoms with van der Waals surface area (Å²) in [7, 11) is 0. The number of aromatic nitrogens is 2. The SMILES string of the molecule is O=c1c(Cl)c(Cl)cnn1Cc1ccc(Cl)cc1F. The topological polar surface area (TPSA) is 34.9 Å². The number of hydrogen-bond acceptors (Lipinski definition) is 2. The van der Waals surface area contributed by atoms with Gasteiger partial charge >= 0.3 is 0 Å². The van der Waals surface area contributed by atoms with Crippen molar-refractivity contribution in [2.45, 2.75) is 6.54 Å². The summed E-state index contributed by atoms with van der Waals surface area (Å²) in [5, 5.41) is 4.00. The normalized spacial score (nSPS) is 10.7. The van der Waals surface area contributed by atoms with Crippen LogP contribution in [-0.4, -0.2) is 9.78 Å². The summed E-state index contributed by atoms with van der Waals surface area (Å²) in [4.78, 5) is 11.7. The first kappa shape index (κ1) is 13.3. The zero-order valence-corrected chi connectivity index (χ0v) is 11.1. The molecule has 0 N–H and O–H groups in total. The third-order valence-corrected chi connectivity index (χ3v) is 3.26. The maximum absolute atomic E-state index is 13.6. The summed E-state index contributed by atoms with van der Waals surface area (Å²) < 4.78 is 14.6. The van der Waals surface area contributed by atoms with Crippen molar-refractivity contribution in [3.63, 3.8) is 0 Å². The molecule has 1 aromatic carbocycles. The molecule has 0 fully saturated rings. The summed E-state index contributed by atoms with van der Waals surface area (Å²) >= 11 is 17.0. The van der Waals surface area contributed by atoms with Crippen LogP contribution in [0, 0.1) is 5.82 Å². The molecule has 0 radical (unpaired) electrons. The van der Waals surface area contributed by atoms with Crippen LogP contribution in [0.4, 0.5) is 4.39 Å². The molecule has 0 bridgehead atoms. The minimum atomic E-state index is -0.571. The third-order valence-electron chi connectivity index (χ3n) is 2.28. The second-order valence-corrected chi connectivity index (χ2v) is 4.73. The van der Waals surface area contributed by atoms with Gasteiger partial charge in [-0.25, -0.2) is 9.07 Å². The molecule has 0 aliphatic rings. The first-order valence-electron chi connectivity index (χ1n) is 4.84. The Labute approximate surface area is 117 Å². The Morgan fingerprint density at radius 1 is 1.28 bits per heavy atom. The van der Waals surface area contributed by atoms with Crippen LogP contribution in [-0.2, 0) is 6.54 Å². The average Bonchev–Trinajstić information content (AvgIpc) is 2.33. The Morgan fingerprint density at radius 3 is 2.67 bits per heavy atom. The second kappa shape index (κ2) is 5.26. The van der Waals surface area contributed by atoms with Crippen molar-refractivity contribution < 1.29 is 4.39 Å². The van der Waals surface area contributed by atoms with E-state index in [2.05, 4.69) is 5.10 Å². The maximum Gasteiger partial charge on any atom is 0.287 e. The Morgan fingerprint density at radius 2 is 2.00 bits per heavy atom. The summed E-state index contributed by atoms with van der Waals surface area (Å²) in [6.07, 6.45) is 1.24. The van der Waals surface area contributed by atoms with E-state index in [1.165, 1.54) is 24.4 Å². The van der Waals surface area contributed by atoms with E-state index >= 15 is 0 Å². The van der Waals surface area contributed by atoms with E-state index in [9.17, 15) is 9.18 Å². The van der Waals surface area contributed by atoms with Crippen molar-refractivity contribution in [1.82, 2.24) is 9.78 Å². The van der Waals surface area contributed by atoms with Crippen LogP contribution in [0.2, 0.25) is 15.1 Å². The minimum Gasteiger partial charge on any atom is -0.266 e. The maximum atomic E-state index is 13.6. The molecule has 94 valence electrons. The van der Waals surface area contributed by atoms with Gasteiger partial charge in [-0.15, -0.1) is 0 Å². The summed E-state index contributed by atoms with van der Waals surface area (Å²) in [5.74, 6) is -0.512. The molecule has 0 aliphatic heterocycles. The smallest absolute Gasteiger partial charge is 0.266 e. The lowest BCUT2D eigenvalue weighted by atomic mass is 10.2. The van der Waals surface area contributed by atoms with Gasteiger partial charge in [0.05, 0.1) is 17.8 Å². The van der Waals surface area contributed by atoms with Gasteiger partial charge in [-0.3, -0.25) is 4.79 Å². The van der Waals surface area contributed by atoms with Crippen molar-refractivity contribution in [1.29, 1.82) is 0 Å². The number of hydrogen-bond donors (Lipinski definition) is 0. The van der Waals surface area contributed by atoms with E-state index in [0.717, 1.165) is 4.68 Å². The Balaban J connectivity index is 2.41. The van der Waals surface area contributed by atoms with E-state index in [-0.39, 0.29) is 27.2 Å². The zero-order valence-electron chi connectivity index (χ0n) is 8.83. The van der Waals surface area contributed by atoms with Crippen molar-refractivity contribution >= 4 is 34.8 Å². The van der Waals surface area contributed by atoms with Gasteiger partial charge in [0.25, 0.3) is 5.56 Å². The van der Waals surface area contributed by atoms with Crippen molar-refractivity contribution in [3.8, 4) is 0 Å². The Bertz CT molecular complexity index is 657. The van der Waals surface area contributed by atoms with Gasteiger partial charge in [0.2, 0.25) is 0 Å². The van der Waals surface area contributed by atoms with Gasteiger partial charge in [-0.05, 0) is 12.1 Å². The highest BCUT2D eigenvalue weighted by Gasteiger charge is 2.10. The first-order valence-corrected chi connectivity index (χ1v) is 5.97. The van der Waals surface area contributed by atoms with Crippen LogP contribution in [0.5, 0.6) is 0 Å². The van der Waals surface area contributed by atoms with Crippen molar-refractivity contribution in [2.24, 2.45) is 0 Å². The predicted octanol–water partition coefficient (Wildman–Crippen LogP) is 3.39. The van der Waals surface area contributed by atoms with Gasteiger partial charge in [0.1, 0.15) is 10.8 Å². The Hall–Kier alpha value is -1.10. The largest absolute Gasteiger partial charge is 0.287 e. The highest BCUT2D eigenvalue weighted by atomic mass is 35.5. The van der Waals surface area contributed by atoms with E-state index in [1.807, 2.05) is 0 Å². The molecule has 18 heavy (non-hydrogen) atoms. The van der Waals surface area contributed by atoms with Crippen LogP contribution in [0.25, 0.3) is 0 Å². The van der Waals surface area contributed by atoms with Crippen LogP contribution < -0.4 is 5.56 Å². The molecular weight excluding hydrogens is 301 g/mol. The molecule has 0 saturated heterocycles. The standard InChI is InChI=1S/C11H6Cl3FN2O/c12-7-2-1-6(9(15)3-7)5-17-11(18)10(14)8(13)4-16-17/h1-4H,5H2. The molecule has 2 aromatic rings. The average molecular weight is 308 g/mol. The van der Waals surface area contributed by atoms with Crippen molar-refractivity contribution in [3.05, 3.63) is 61.2 Å². The molecule has 0 atom stereocenters. The van der Waals surface area contributed by atoms with Gasteiger partial charge in [-0.1, -0.05) is 40.9 Å². The fraction of sp³-hybridized carbons (Fsp3) is 0.0909. The molecule has 3 nitrogen and oxygen atoms in total. The van der Waals surface area contributed by atoms with E-state index in [4.69, 9.17) is 34.8 Å². The minimum absolute atomic E-state index is 0.0429. The molecule has 1 aromatic heterocycles. The van der Waals surface area contributed by atoms with E-state index in [1.54, 1.807) is 0 Å². The Kier molecular flexibility index (Phi) is 3.90. The van der Waals surface area contributed by atoms with Gasteiger partial charge in [-0.2, -0.15) is 5.10 Å². The molecule has 0 saturated carbocycles. The quantitative estimate of drug-likeness (QED) is 0.852. The van der Waals surface area contributed by atoms with Crippen LogP contribution in [0.1, 0.15) is 5.56 Å². The van der Waals surface area contributed by atoms with Gasteiger partial charge in [0.15, 0.2) is 0 Å². The number of halogens is 4. The van der Waals surface area contributed by atoms with E-state index < -0.39 is 11.4 Å². The molecule has 0 spiro atoms. The number of rotatable bonds is 2. The van der Waals surface area contributed by atoms with Crippen LogP contribution in [0.3, 0.4) is 0 Å². The zero-order chi connectivity index (χ0) is 13.3. The predicted molar refractivity (Wildman–Crippen MR) is 69.0 cm³/mol. The summed E-state index contributed by atoms with van der Waals surface area (Å²) in [5.41, 5.74) is -0.286. The number of benzene rings is 1. The van der Waals surface area contributed by atoms with Crippen LogP contribution in [0.15, 0.2) is 29.2 Å². The number of nitrogens with zero attached hydrogens (tertiary/aromatic N) is 2. The van der Waals surface area contributed by atoms with Crippen molar-refractivity contribution in [2.75, 3.05) is 0 Å². The highest BCUT2D eigenvalue weighted by Crippen LogP contribution is 2.17. The first-order chi connectivity index (χ1) is 8.49. The fourth-order valence-electron chi connectivity index (χ4n) is 1.37. The molecular formula is C11H6Cl3FN2O. The van der Waals surface area contributed by atoms with Gasteiger partial charge in [0, 0.05) is 10.6 Å². The second-order valence-electron chi connectivity index (χ2n) is 3.51. The third kappa shape index (κ3) is 2.66. The summed E-state index contributed by atoms with van der Waals surface area (Å²) in [6.45, 7) is -0.0429. The lowest BCUT2D eigenvalue weighted by Crippen LogP contribution is -2.24. The molecule has 0 unspecified atom stereocenters. The molecule has 7 heteroatoms.